The molecule has 0 bridgehead atoms. The predicted octanol–water partition coefficient (Wildman–Crippen LogP) is 3.65. The molecular weight excluding hydrogens is 571 g/mol. The van der Waals surface area contributed by atoms with Gasteiger partial charge in [0.25, 0.3) is 10.0 Å². The number of carboxylic acids is 1. The van der Waals surface area contributed by atoms with Crippen molar-refractivity contribution in [2.75, 3.05) is 12.3 Å². The summed E-state index contributed by atoms with van der Waals surface area (Å²) in [6.45, 7) is 0.851. The number of carbonyl (C=O) groups excluding carboxylic acids is 1. The number of hydrogen-bond acceptors (Lipinski definition) is 8. The molecule has 1 aliphatic rings. The molecule has 40 heavy (non-hydrogen) atoms. The number of benzene rings is 1. The lowest BCUT2D eigenvalue weighted by atomic mass is 10.1. The Kier molecular flexibility index (Phi) is 8.37. The quantitative estimate of drug-likeness (QED) is 0.306. The molecule has 1 aliphatic heterocycles. The smallest absolute Gasteiger partial charge is 0.475 e. The standard InChI is InChI=1S/C23H21N5O3S2.C2HF3O2/c24-22-18-12-15(3-4-16(18)7-10-26-22)14-28-11-8-19(23(28)29)27-33(30,31)21-6-5-20(32-21)17-2-1-9-25-13-17;3-2(4,5)1(6)7/h1-7,9-10,12-13,19,27H,8,11,14H2,(H2,24,26);(H,6,7)/t19-;/m0./s1. The molecule has 210 valence electrons. The minimum absolute atomic E-state index is 0.171. The van der Waals surface area contributed by atoms with E-state index in [0.29, 0.717) is 25.3 Å². The number of rotatable bonds is 6. The first-order valence-corrected chi connectivity index (χ1v) is 13.9. The summed E-state index contributed by atoms with van der Waals surface area (Å²) in [7, 11) is -3.82. The second-order valence-electron chi connectivity index (χ2n) is 8.64. The van der Waals surface area contributed by atoms with Crippen molar-refractivity contribution >= 4 is 49.8 Å². The first-order valence-electron chi connectivity index (χ1n) is 11.6. The largest absolute Gasteiger partial charge is 0.490 e. The van der Waals surface area contributed by atoms with Crippen LogP contribution in [0, 0.1) is 0 Å². The average Bonchev–Trinajstić information content (AvgIpc) is 3.54. The number of likely N-dealkylation sites (tertiary alicyclic amines) is 1. The van der Waals surface area contributed by atoms with Crippen LogP contribution in [0.4, 0.5) is 19.0 Å². The summed E-state index contributed by atoms with van der Waals surface area (Å²) >= 11 is 1.15. The van der Waals surface area contributed by atoms with Gasteiger partial charge in [0.2, 0.25) is 5.91 Å². The molecule has 1 amide bonds. The highest BCUT2D eigenvalue weighted by Gasteiger charge is 2.38. The Morgan fingerprint density at radius 1 is 1.18 bits per heavy atom. The van der Waals surface area contributed by atoms with Crippen molar-refractivity contribution in [2.45, 2.75) is 29.4 Å². The summed E-state index contributed by atoms with van der Waals surface area (Å²) < 4.78 is 60.3. The lowest BCUT2D eigenvalue weighted by Gasteiger charge is -2.17. The van der Waals surface area contributed by atoms with Gasteiger partial charge in [-0.2, -0.15) is 17.9 Å². The molecule has 15 heteroatoms. The lowest BCUT2D eigenvalue weighted by molar-refractivity contribution is -0.192. The molecule has 1 atom stereocenters. The number of alkyl halides is 3. The fourth-order valence-electron chi connectivity index (χ4n) is 3.94. The van der Waals surface area contributed by atoms with Gasteiger partial charge in [-0.15, -0.1) is 11.3 Å². The average molecular weight is 594 g/mol. The Labute approximate surface area is 230 Å². The van der Waals surface area contributed by atoms with E-state index in [1.165, 1.54) is 0 Å². The maximum Gasteiger partial charge on any atom is 0.490 e. The van der Waals surface area contributed by atoms with Crippen LogP contribution in [-0.2, 0) is 26.2 Å². The summed E-state index contributed by atoms with van der Waals surface area (Å²) in [6.07, 6.45) is 0.337. The van der Waals surface area contributed by atoms with Gasteiger partial charge in [0.05, 0.1) is 0 Å². The van der Waals surface area contributed by atoms with E-state index in [2.05, 4.69) is 14.7 Å². The summed E-state index contributed by atoms with van der Waals surface area (Å²) in [6, 6.07) is 13.9. The van der Waals surface area contributed by atoms with E-state index < -0.39 is 28.2 Å². The van der Waals surface area contributed by atoms with Gasteiger partial charge in [0, 0.05) is 47.5 Å². The van der Waals surface area contributed by atoms with Crippen LogP contribution in [0.1, 0.15) is 12.0 Å². The number of hydrogen-bond donors (Lipinski definition) is 3. The Morgan fingerprint density at radius 2 is 1.93 bits per heavy atom. The molecule has 1 saturated heterocycles. The number of nitrogens with two attached hydrogens (primary N) is 1. The third-order valence-electron chi connectivity index (χ3n) is 5.86. The number of amides is 1. The SMILES string of the molecule is Nc1nccc2ccc(CN3CC[C@H](NS(=O)(=O)c4ccc(-c5cccnc5)s4)C3=O)cc12.O=C(O)C(F)(F)F. The highest BCUT2D eigenvalue weighted by Crippen LogP contribution is 2.31. The Hall–Kier alpha value is -4.08. The third-order valence-corrected chi connectivity index (χ3v) is 8.96. The zero-order chi connectivity index (χ0) is 29.1. The molecule has 5 rings (SSSR count). The van der Waals surface area contributed by atoms with E-state index in [-0.39, 0.29) is 10.1 Å². The van der Waals surface area contributed by atoms with Gasteiger partial charge in [-0.25, -0.2) is 18.2 Å². The van der Waals surface area contributed by atoms with Gasteiger partial charge >= 0.3 is 12.1 Å². The van der Waals surface area contributed by atoms with Crippen molar-refractivity contribution in [2.24, 2.45) is 0 Å². The van der Waals surface area contributed by atoms with E-state index in [4.69, 9.17) is 15.6 Å². The maximum atomic E-state index is 12.9. The number of nitrogens with one attached hydrogen (secondary N) is 1. The fraction of sp³-hybridized carbons (Fsp3) is 0.200. The summed E-state index contributed by atoms with van der Waals surface area (Å²) in [5.41, 5.74) is 7.74. The summed E-state index contributed by atoms with van der Waals surface area (Å²) in [4.78, 5) is 32.5. The molecule has 1 fully saturated rings. The normalized spacial score (nSPS) is 15.6. The number of halogens is 3. The first-order chi connectivity index (χ1) is 18.8. The van der Waals surface area contributed by atoms with Crippen LogP contribution in [0.2, 0.25) is 0 Å². The number of anilines is 1. The monoisotopic (exact) mass is 593 g/mol. The van der Waals surface area contributed by atoms with Crippen LogP contribution in [0.5, 0.6) is 0 Å². The summed E-state index contributed by atoms with van der Waals surface area (Å²) in [5.74, 6) is -2.55. The number of thiophene rings is 1. The van der Waals surface area contributed by atoms with Crippen LogP contribution in [0.3, 0.4) is 0 Å². The number of aliphatic carboxylic acids is 1. The number of nitrogens with zero attached hydrogens (tertiary/aromatic N) is 3. The highest BCUT2D eigenvalue weighted by molar-refractivity contribution is 7.91. The number of nitrogen functional groups attached to an aromatic ring is 1. The van der Waals surface area contributed by atoms with Gasteiger partial charge in [0.1, 0.15) is 16.1 Å². The molecule has 0 saturated carbocycles. The van der Waals surface area contributed by atoms with Crippen molar-refractivity contribution in [1.29, 1.82) is 0 Å². The highest BCUT2D eigenvalue weighted by atomic mass is 32.2. The van der Waals surface area contributed by atoms with E-state index in [0.717, 1.165) is 38.1 Å². The van der Waals surface area contributed by atoms with Gasteiger partial charge in [-0.3, -0.25) is 9.78 Å². The molecule has 4 heterocycles. The minimum atomic E-state index is -5.08. The number of sulfonamides is 1. The number of pyridine rings is 2. The van der Waals surface area contributed by atoms with Crippen molar-refractivity contribution < 1.29 is 36.3 Å². The van der Waals surface area contributed by atoms with E-state index >= 15 is 0 Å². The van der Waals surface area contributed by atoms with Crippen molar-refractivity contribution in [1.82, 2.24) is 19.6 Å². The second kappa shape index (κ2) is 11.6. The van der Waals surface area contributed by atoms with E-state index in [1.54, 1.807) is 41.7 Å². The summed E-state index contributed by atoms with van der Waals surface area (Å²) in [5, 5.41) is 8.94. The Balaban J connectivity index is 0.000000470. The topological polar surface area (TPSA) is 156 Å². The van der Waals surface area contributed by atoms with Crippen LogP contribution in [0.15, 0.2) is 71.3 Å². The van der Waals surface area contributed by atoms with Crippen LogP contribution >= 0.6 is 11.3 Å². The molecule has 0 radical (unpaired) electrons. The van der Waals surface area contributed by atoms with Gasteiger partial charge in [-0.05, 0) is 47.7 Å². The predicted molar refractivity (Wildman–Crippen MR) is 142 cm³/mol. The number of carboxylic acid groups (broad SMARTS) is 1. The zero-order valence-corrected chi connectivity index (χ0v) is 22.1. The van der Waals surface area contributed by atoms with Gasteiger partial charge < -0.3 is 15.7 Å². The van der Waals surface area contributed by atoms with Crippen LogP contribution in [0.25, 0.3) is 21.2 Å². The van der Waals surface area contributed by atoms with Crippen molar-refractivity contribution in [3.05, 3.63) is 72.7 Å². The molecule has 1 aromatic carbocycles. The number of aromatic nitrogens is 2. The van der Waals surface area contributed by atoms with Crippen molar-refractivity contribution in [3.8, 4) is 10.4 Å². The molecule has 0 spiro atoms. The zero-order valence-electron chi connectivity index (χ0n) is 20.5. The third kappa shape index (κ3) is 6.73. The van der Waals surface area contributed by atoms with Gasteiger partial charge in [0.15, 0.2) is 0 Å². The molecule has 3 aromatic heterocycles. The van der Waals surface area contributed by atoms with Gasteiger partial charge in [-0.1, -0.05) is 18.2 Å². The molecule has 0 aliphatic carbocycles. The number of carbonyl (C=O) groups is 2. The number of fused-ring (bicyclic) bond motifs is 1. The minimum Gasteiger partial charge on any atom is -0.475 e. The second-order valence-corrected chi connectivity index (χ2v) is 11.7. The Morgan fingerprint density at radius 3 is 2.60 bits per heavy atom. The van der Waals surface area contributed by atoms with Crippen molar-refractivity contribution in [3.63, 3.8) is 0 Å². The van der Waals surface area contributed by atoms with E-state index in [9.17, 15) is 26.4 Å². The first kappa shape index (κ1) is 28.9. The molecule has 4 aromatic rings. The molecular formula is C25H22F3N5O5S2. The Bertz CT molecular complexity index is 1650. The lowest BCUT2D eigenvalue weighted by Crippen LogP contribution is -2.41. The van der Waals surface area contributed by atoms with Crippen LogP contribution in [-0.4, -0.2) is 59.0 Å². The molecule has 4 N–H and O–H groups in total. The van der Waals surface area contributed by atoms with E-state index in [1.807, 2.05) is 30.3 Å². The molecule has 0 unspecified atom stereocenters. The van der Waals surface area contributed by atoms with Crippen LogP contribution < -0.4 is 10.5 Å². The molecule has 10 nitrogen and oxygen atoms in total. The maximum absolute atomic E-state index is 12.9. The fourth-order valence-corrected chi connectivity index (χ4v) is 6.47.